The summed E-state index contributed by atoms with van der Waals surface area (Å²) in [6.07, 6.45) is 2.28. The van der Waals surface area contributed by atoms with Gasteiger partial charge in [0.05, 0.1) is 17.1 Å². The van der Waals surface area contributed by atoms with Crippen LogP contribution in [0.2, 0.25) is 0 Å². The molecule has 3 rings (SSSR count). The Morgan fingerprint density at radius 2 is 2.20 bits per heavy atom. The first-order valence-corrected chi connectivity index (χ1v) is 7.15. The third-order valence-electron chi connectivity index (χ3n) is 3.63. The third kappa shape index (κ3) is 2.54. The number of likely N-dealkylation sites (tertiary alicyclic amines) is 1. The highest BCUT2D eigenvalue weighted by Gasteiger charge is 2.25. The van der Waals surface area contributed by atoms with E-state index in [-0.39, 0.29) is 0 Å². The lowest BCUT2D eigenvalue weighted by Gasteiger charge is -2.16. The van der Waals surface area contributed by atoms with Crippen LogP contribution in [0.3, 0.4) is 0 Å². The molecule has 1 aliphatic rings. The molecule has 1 atom stereocenters. The molecule has 1 aromatic heterocycles. The fraction of sp³-hybridized carbons (Fsp3) is 0.467. The number of nitrogens with two attached hydrogens (primary N) is 1. The van der Waals surface area contributed by atoms with Gasteiger partial charge in [-0.1, -0.05) is 19.9 Å². The number of hydrogen-bond donors (Lipinski definition) is 2. The Balaban J connectivity index is 0.000000704. The first kappa shape index (κ1) is 14.5. The van der Waals surface area contributed by atoms with Gasteiger partial charge in [-0.2, -0.15) is 0 Å². The second-order valence-corrected chi connectivity index (χ2v) is 4.83. The molecule has 108 valence electrons. The van der Waals surface area contributed by atoms with Gasteiger partial charge in [0.15, 0.2) is 0 Å². The van der Waals surface area contributed by atoms with Gasteiger partial charge in [0.2, 0.25) is 0 Å². The van der Waals surface area contributed by atoms with Crippen molar-refractivity contribution in [3.8, 4) is 0 Å². The van der Waals surface area contributed by atoms with E-state index >= 15 is 0 Å². The summed E-state index contributed by atoms with van der Waals surface area (Å²) < 4.78 is 0. The minimum atomic E-state index is -0.432. The predicted octanol–water partition coefficient (Wildman–Crippen LogP) is 2.45. The number of para-hydroxylation sites is 1. The molecule has 2 aromatic rings. The molecule has 1 fully saturated rings. The minimum Gasteiger partial charge on any atom is -0.366 e. The zero-order valence-corrected chi connectivity index (χ0v) is 12.3. The molecule has 0 saturated carbocycles. The van der Waals surface area contributed by atoms with Gasteiger partial charge in [-0.25, -0.2) is 4.98 Å². The highest BCUT2D eigenvalue weighted by Crippen LogP contribution is 2.30. The number of carbonyl (C=O) groups excluding carboxylic acids is 1. The number of carbonyl (C=O) groups is 1. The highest BCUT2D eigenvalue weighted by molar-refractivity contribution is 6.04. The lowest BCUT2D eigenvalue weighted by Crippen LogP contribution is -2.18. The quantitative estimate of drug-likeness (QED) is 0.883. The summed E-state index contributed by atoms with van der Waals surface area (Å²) in [6.45, 7) is 5.09. The van der Waals surface area contributed by atoms with E-state index in [0.29, 0.717) is 17.1 Å². The fourth-order valence-electron chi connectivity index (χ4n) is 2.66. The second-order valence-electron chi connectivity index (χ2n) is 4.83. The van der Waals surface area contributed by atoms with E-state index in [0.717, 1.165) is 24.3 Å². The zero-order chi connectivity index (χ0) is 14.7. The van der Waals surface area contributed by atoms with Gasteiger partial charge in [0.25, 0.3) is 5.91 Å². The van der Waals surface area contributed by atoms with Crippen molar-refractivity contribution >= 4 is 16.9 Å². The van der Waals surface area contributed by atoms with Crippen molar-refractivity contribution in [3.05, 3.63) is 29.6 Å². The maximum Gasteiger partial charge on any atom is 0.250 e. The minimum absolute atomic E-state index is 0.318. The predicted molar refractivity (Wildman–Crippen MR) is 80.6 cm³/mol. The molecule has 1 saturated heterocycles. The van der Waals surface area contributed by atoms with Crippen LogP contribution in [0.1, 0.15) is 48.9 Å². The number of aromatic nitrogens is 2. The number of rotatable bonds is 2. The van der Waals surface area contributed by atoms with Gasteiger partial charge >= 0.3 is 0 Å². The van der Waals surface area contributed by atoms with Gasteiger partial charge in [0, 0.05) is 0 Å². The van der Waals surface area contributed by atoms with E-state index in [1.54, 1.807) is 6.07 Å². The van der Waals surface area contributed by atoms with Crippen LogP contribution in [0.5, 0.6) is 0 Å². The Labute approximate surface area is 119 Å². The third-order valence-corrected chi connectivity index (χ3v) is 3.63. The van der Waals surface area contributed by atoms with Crippen LogP contribution in [0, 0.1) is 0 Å². The summed E-state index contributed by atoms with van der Waals surface area (Å²) in [4.78, 5) is 21.5. The van der Waals surface area contributed by atoms with Gasteiger partial charge in [-0.15, -0.1) is 0 Å². The summed E-state index contributed by atoms with van der Waals surface area (Å²) in [5, 5.41) is 0. The highest BCUT2D eigenvalue weighted by atomic mass is 16.1. The molecule has 0 spiro atoms. The van der Waals surface area contributed by atoms with Crippen molar-refractivity contribution in [2.75, 3.05) is 13.6 Å². The topological polar surface area (TPSA) is 75.0 Å². The first-order chi connectivity index (χ1) is 9.66. The van der Waals surface area contributed by atoms with E-state index in [1.165, 1.54) is 6.42 Å². The molecular formula is C15H22N4O. The molecule has 20 heavy (non-hydrogen) atoms. The average Bonchev–Trinajstić information content (AvgIpc) is 3.05. The van der Waals surface area contributed by atoms with Gasteiger partial charge in [0.1, 0.15) is 11.3 Å². The molecule has 1 unspecified atom stereocenters. The number of imidazole rings is 1. The lowest BCUT2D eigenvalue weighted by molar-refractivity contribution is 0.100. The molecule has 0 radical (unpaired) electrons. The van der Waals surface area contributed by atoms with Crippen LogP contribution in [0.25, 0.3) is 11.0 Å². The lowest BCUT2D eigenvalue weighted by atomic mass is 10.2. The molecule has 2 heterocycles. The summed E-state index contributed by atoms with van der Waals surface area (Å²) >= 11 is 0. The molecule has 0 bridgehead atoms. The fourth-order valence-corrected chi connectivity index (χ4v) is 2.66. The van der Waals surface area contributed by atoms with Crippen molar-refractivity contribution in [1.29, 1.82) is 0 Å². The van der Waals surface area contributed by atoms with E-state index in [2.05, 4.69) is 21.9 Å². The SMILES string of the molecule is CC.CN1CCCC1c1nc2c(C(N)=O)cccc2[nH]1. The number of amides is 1. The Kier molecular flexibility index (Phi) is 4.39. The van der Waals surface area contributed by atoms with Crippen LogP contribution >= 0.6 is 0 Å². The van der Waals surface area contributed by atoms with E-state index in [4.69, 9.17) is 5.73 Å². The molecule has 5 heteroatoms. The zero-order valence-electron chi connectivity index (χ0n) is 12.3. The van der Waals surface area contributed by atoms with Gasteiger partial charge in [-0.05, 0) is 38.6 Å². The number of primary amides is 1. The molecular weight excluding hydrogens is 252 g/mol. The van der Waals surface area contributed by atoms with Crippen molar-refractivity contribution in [1.82, 2.24) is 14.9 Å². The molecule has 1 amide bonds. The number of aromatic amines is 1. The molecule has 5 nitrogen and oxygen atoms in total. The van der Waals surface area contributed by atoms with Gasteiger partial charge < -0.3 is 10.7 Å². The monoisotopic (exact) mass is 274 g/mol. The number of nitrogens with zero attached hydrogens (tertiary/aromatic N) is 2. The number of nitrogens with one attached hydrogen (secondary N) is 1. The number of benzene rings is 1. The molecule has 1 aromatic carbocycles. The molecule has 0 aliphatic carbocycles. The van der Waals surface area contributed by atoms with Crippen LogP contribution in [-0.4, -0.2) is 34.4 Å². The van der Waals surface area contributed by atoms with Crippen molar-refractivity contribution < 1.29 is 4.79 Å². The smallest absolute Gasteiger partial charge is 0.250 e. The van der Waals surface area contributed by atoms with Crippen molar-refractivity contribution in [3.63, 3.8) is 0 Å². The maximum absolute atomic E-state index is 11.4. The molecule has 3 N–H and O–H groups in total. The Morgan fingerprint density at radius 1 is 1.45 bits per heavy atom. The summed E-state index contributed by atoms with van der Waals surface area (Å²) in [5.41, 5.74) is 7.41. The Morgan fingerprint density at radius 3 is 2.80 bits per heavy atom. The van der Waals surface area contributed by atoms with E-state index < -0.39 is 5.91 Å². The van der Waals surface area contributed by atoms with Crippen LogP contribution < -0.4 is 5.73 Å². The average molecular weight is 274 g/mol. The normalized spacial score (nSPS) is 18.9. The van der Waals surface area contributed by atoms with E-state index in [1.807, 2.05) is 26.0 Å². The van der Waals surface area contributed by atoms with Crippen LogP contribution in [0.15, 0.2) is 18.2 Å². The van der Waals surface area contributed by atoms with Crippen molar-refractivity contribution in [2.24, 2.45) is 5.73 Å². The van der Waals surface area contributed by atoms with Crippen LogP contribution in [0.4, 0.5) is 0 Å². The summed E-state index contributed by atoms with van der Waals surface area (Å²) in [5.74, 6) is 0.497. The molecule has 1 aliphatic heterocycles. The standard InChI is InChI=1S/C13H16N4O.C2H6/c1-17-7-3-6-10(17)13-15-9-5-2-4-8(12(14)18)11(9)16-13;1-2/h2,4-5,10H,3,6-7H2,1H3,(H2,14,18)(H,15,16);1-2H3. The summed E-state index contributed by atoms with van der Waals surface area (Å²) in [7, 11) is 2.10. The first-order valence-electron chi connectivity index (χ1n) is 7.15. The second kappa shape index (κ2) is 6.05. The van der Waals surface area contributed by atoms with E-state index in [9.17, 15) is 4.79 Å². The number of fused-ring (bicyclic) bond motifs is 1. The Hall–Kier alpha value is -1.88. The Bertz CT molecular complexity index is 605. The van der Waals surface area contributed by atoms with Crippen molar-refractivity contribution in [2.45, 2.75) is 32.7 Å². The van der Waals surface area contributed by atoms with Crippen LogP contribution in [-0.2, 0) is 0 Å². The number of hydrogen-bond acceptors (Lipinski definition) is 3. The maximum atomic E-state index is 11.4. The summed E-state index contributed by atoms with van der Waals surface area (Å²) in [6, 6.07) is 5.78. The largest absolute Gasteiger partial charge is 0.366 e. The number of H-pyrrole nitrogens is 1. The van der Waals surface area contributed by atoms with Gasteiger partial charge in [-0.3, -0.25) is 9.69 Å².